The summed E-state index contributed by atoms with van der Waals surface area (Å²) in [6, 6.07) is 7.86. The molecule has 0 unspecified atom stereocenters. The molecule has 0 N–H and O–H groups in total. The summed E-state index contributed by atoms with van der Waals surface area (Å²) in [5.74, 6) is 1.75. The van der Waals surface area contributed by atoms with Crippen LogP contribution in [0.15, 0.2) is 30.5 Å². The first-order valence-electron chi connectivity index (χ1n) is 7.51. The minimum atomic E-state index is 0.528. The van der Waals surface area contributed by atoms with Crippen molar-refractivity contribution >= 4 is 28.8 Å². The zero-order valence-electron chi connectivity index (χ0n) is 12.7. The number of aromatic nitrogens is 5. The molecule has 7 nitrogen and oxygen atoms in total. The van der Waals surface area contributed by atoms with Crippen molar-refractivity contribution in [2.45, 2.75) is 6.92 Å². The molecule has 0 bridgehead atoms. The molecular weight excluding hydrogens is 314 g/mol. The number of pyridine rings is 1. The summed E-state index contributed by atoms with van der Waals surface area (Å²) < 4.78 is 1.78. The molecule has 0 atom stereocenters. The van der Waals surface area contributed by atoms with Crippen LogP contribution in [0.4, 0.5) is 11.5 Å². The van der Waals surface area contributed by atoms with Crippen LogP contribution in [0.25, 0.3) is 5.65 Å². The summed E-state index contributed by atoms with van der Waals surface area (Å²) in [5.41, 5.74) is 1.89. The average molecular weight is 330 g/mol. The Hall–Kier alpha value is -2.41. The van der Waals surface area contributed by atoms with Crippen LogP contribution in [-0.2, 0) is 0 Å². The molecule has 3 aromatic rings. The summed E-state index contributed by atoms with van der Waals surface area (Å²) in [5, 5.41) is 13.3. The third-order valence-electron chi connectivity index (χ3n) is 4.08. The number of rotatable bonds is 2. The molecule has 1 saturated heterocycles. The minimum Gasteiger partial charge on any atom is -0.368 e. The first-order chi connectivity index (χ1) is 11.2. The predicted octanol–water partition coefficient (Wildman–Crippen LogP) is 1.81. The Bertz CT molecular complexity index is 839. The zero-order valence-corrected chi connectivity index (χ0v) is 13.5. The summed E-state index contributed by atoms with van der Waals surface area (Å²) in [6.07, 6.45) is 1.74. The fourth-order valence-corrected chi connectivity index (χ4v) is 3.01. The van der Waals surface area contributed by atoms with Gasteiger partial charge in [-0.2, -0.15) is 4.52 Å². The van der Waals surface area contributed by atoms with Gasteiger partial charge >= 0.3 is 0 Å². The summed E-state index contributed by atoms with van der Waals surface area (Å²) in [4.78, 5) is 8.62. The number of hydrogen-bond donors (Lipinski definition) is 0. The van der Waals surface area contributed by atoms with E-state index in [0.29, 0.717) is 5.15 Å². The van der Waals surface area contributed by atoms with E-state index in [2.05, 4.69) is 30.1 Å². The van der Waals surface area contributed by atoms with Crippen LogP contribution in [0.5, 0.6) is 0 Å². The van der Waals surface area contributed by atoms with Crippen LogP contribution in [0.3, 0.4) is 0 Å². The number of fused-ring (bicyclic) bond motifs is 1. The van der Waals surface area contributed by atoms with E-state index in [9.17, 15) is 0 Å². The van der Waals surface area contributed by atoms with Gasteiger partial charge in [-0.3, -0.25) is 0 Å². The normalized spacial score (nSPS) is 15.4. The first kappa shape index (κ1) is 14.2. The van der Waals surface area contributed by atoms with E-state index in [1.54, 1.807) is 10.7 Å². The van der Waals surface area contributed by atoms with Crippen molar-refractivity contribution in [3.8, 4) is 0 Å². The van der Waals surface area contributed by atoms with Crippen molar-refractivity contribution in [1.82, 2.24) is 24.8 Å². The second kappa shape index (κ2) is 5.66. The van der Waals surface area contributed by atoms with Crippen LogP contribution in [0.2, 0.25) is 5.15 Å². The summed E-state index contributed by atoms with van der Waals surface area (Å²) in [7, 11) is 0. The van der Waals surface area contributed by atoms with Gasteiger partial charge in [0.25, 0.3) is 0 Å². The van der Waals surface area contributed by atoms with Gasteiger partial charge in [-0.1, -0.05) is 11.6 Å². The standard InChI is InChI=1S/C15H16ClN7/c1-11-18-19-14-2-3-15(20-23(11)14)22-8-6-21(7-9-22)12-4-5-17-13(16)10-12/h2-5,10H,6-9H2,1H3. The van der Waals surface area contributed by atoms with Gasteiger partial charge in [0.1, 0.15) is 11.0 Å². The van der Waals surface area contributed by atoms with Crippen LogP contribution in [0.1, 0.15) is 5.82 Å². The van der Waals surface area contributed by atoms with Crippen LogP contribution in [-0.4, -0.2) is 51.0 Å². The van der Waals surface area contributed by atoms with E-state index in [-0.39, 0.29) is 0 Å². The van der Waals surface area contributed by atoms with Gasteiger partial charge in [-0.25, -0.2) is 4.98 Å². The maximum absolute atomic E-state index is 5.98. The SMILES string of the molecule is Cc1nnc2ccc(N3CCN(c4ccnc(Cl)c4)CC3)nn12. The van der Waals surface area contributed by atoms with Gasteiger partial charge in [-0.05, 0) is 31.2 Å². The Labute approximate surface area is 138 Å². The molecule has 1 aliphatic rings. The molecule has 4 heterocycles. The topological polar surface area (TPSA) is 62.5 Å². The molecule has 0 amide bonds. The highest BCUT2D eigenvalue weighted by molar-refractivity contribution is 6.29. The first-order valence-corrected chi connectivity index (χ1v) is 7.89. The van der Waals surface area contributed by atoms with Crippen LogP contribution < -0.4 is 9.80 Å². The number of halogens is 1. The summed E-state index contributed by atoms with van der Waals surface area (Å²) in [6.45, 7) is 5.55. The molecule has 0 saturated carbocycles. The number of anilines is 2. The van der Waals surface area contributed by atoms with Crippen molar-refractivity contribution in [2.24, 2.45) is 0 Å². The molecule has 118 valence electrons. The van der Waals surface area contributed by atoms with Crippen molar-refractivity contribution in [3.63, 3.8) is 0 Å². The Morgan fingerprint density at radius 3 is 2.57 bits per heavy atom. The second-order valence-electron chi connectivity index (χ2n) is 5.52. The lowest BCUT2D eigenvalue weighted by molar-refractivity contribution is 0.640. The maximum atomic E-state index is 5.98. The Kier molecular flexibility index (Phi) is 3.49. The molecule has 0 aromatic carbocycles. The van der Waals surface area contributed by atoms with Gasteiger partial charge in [-0.15, -0.1) is 15.3 Å². The fraction of sp³-hybridized carbons (Fsp3) is 0.333. The Balaban J connectivity index is 1.51. The molecule has 8 heteroatoms. The monoisotopic (exact) mass is 329 g/mol. The molecule has 4 rings (SSSR count). The number of piperazine rings is 1. The van der Waals surface area contributed by atoms with E-state index in [1.165, 1.54) is 0 Å². The number of aryl methyl sites for hydroxylation is 1. The molecule has 3 aromatic heterocycles. The number of nitrogens with zero attached hydrogens (tertiary/aromatic N) is 7. The van der Waals surface area contributed by atoms with E-state index < -0.39 is 0 Å². The van der Waals surface area contributed by atoms with Crippen molar-refractivity contribution in [1.29, 1.82) is 0 Å². The molecule has 1 fully saturated rings. The van der Waals surface area contributed by atoms with Crippen molar-refractivity contribution < 1.29 is 0 Å². The average Bonchev–Trinajstić information content (AvgIpc) is 2.96. The quantitative estimate of drug-likeness (QED) is 0.668. The zero-order chi connectivity index (χ0) is 15.8. The molecular formula is C15H16ClN7. The van der Waals surface area contributed by atoms with Crippen LogP contribution in [0, 0.1) is 6.92 Å². The molecule has 1 aliphatic heterocycles. The molecule has 0 aliphatic carbocycles. The van der Waals surface area contributed by atoms with Crippen molar-refractivity contribution in [2.75, 3.05) is 36.0 Å². The highest BCUT2D eigenvalue weighted by atomic mass is 35.5. The van der Waals surface area contributed by atoms with Gasteiger partial charge in [0.05, 0.1) is 0 Å². The lowest BCUT2D eigenvalue weighted by Crippen LogP contribution is -2.47. The lowest BCUT2D eigenvalue weighted by Gasteiger charge is -2.36. The second-order valence-corrected chi connectivity index (χ2v) is 5.91. The van der Waals surface area contributed by atoms with Gasteiger partial charge in [0.2, 0.25) is 0 Å². The maximum Gasteiger partial charge on any atom is 0.178 e. The molecule has 0 spiro atoms. The van der Waals surface area contributed by atoms with E-state index in [0.717, 1.165) is 49.2 Å². The van der Waals surface area contributed by atoms with Crippen molar-refractivity contribution in [3.05, 3.63) is 41.4 Å². The highest BCUT2D eigenvalue weighted by Crippen LogP contribution is 2.21. The molecule has 23 heavy (non-hydrogen) atoms. The molecule has 0 radical (unpaired) electrons. The van der Waals surface area contributed by atoms with Gasteiger partial charge in [0.15, 0.2) is 11.5 Å². The highest BCUT2D eigenvalue weighted by Gasteiger charge is 2.19. The summed E-state index contributed by atoms with van der Waals surface area (Å²) >= 11 is 5.98. The third-order valence-corrected chi connectivity index (χ3v) is 4.29. The predicted molar refractivity (Wildman–Crippen MR) is 89.2 cm³/mol. The number of hydrogen-bond acceptors (Lipinski definition) is 6. The largest absolute Gasteiger partial charge is 0.368 e. The van der Waals surface area contributed by atoms with Crippen LogP contribution >= 0.6 is 11.6 Å². The smallest absolute Gasteiger partial charge is 0.178 e. The minimum absolute atomic E-state index is 0.528. The van der Waals surface area contributed by atoms with Gasteiger partial charge in [0, 0.05) is 38.1 Å². The third kappa shape index (κ3) is 2.68. The van der Waals surface area contributed by atoms with E-state index >= 15 is 0 Å². The van der Waals surface area contributed by atoms with E-state index in [4.69, 9.17) is 11.6 Å². The lowest BCUT2D eigenvalue weighted by atomic mass is 10.2. The Morgan fingerprint density at radius 2 is 1.78 bits per heavy atom. The van der Waals surface area contributed by atoms with Gasteiger partial charge < -0.3 is 9.80 Å². The fourth-order valence-electron chi connectivity index (χ4n) is 2.84. The van der Waals surface area contributed by atoms with E-state index in [1.807, 2.05) is 31.2 Å². The Morgan fingerprint density at radius 1 is 1.00 bits per heavy atom.